The van der Waals surface area contributed by atoms with E-state index in [-0.39, 0.29) is 23.7 Å². The van der Waals surface area contributed by atoms with Gasteiger partial charge in [0, 0.05) is 30.7 Å². The van der Waals surface area contributed by atoms with E-state index < -0.39 is 0 Å². The lowest BCUT2D eigenvalue weighted by molar-refractivity contribution is -0.0948. The minimum atomic E-state index is -0.117. The van der Waals surface area contributed by atoms with Crippen molar-refractivity contribution in [2.45, 2.75) is 45.4 Å². The largest absolute Gasteiger partial charge is 0.497 e. The highest BCUT2D eigenvalue weighted by Gasteiger charge is 2.33. The molecule has 1 saturated heterocycles. The maximum absolute atomic E-state index is 12.3. The van der Waals surface area contributed by atoms with Crippen molar-refractivity contribution in [3.8, 4) is 5.75 Å². The lowest BCUT2D eigenvalue weighted by atomic mass is 10.00. The molecule has 0 aromatic heterocycles. The number of methoxy groups -OCH3 is 1. The van der Waals surface area contributed by atoms with E-state index in [1.807, 2.05) is 0 Å². The van der Waals surface area contributed by atoms with Gasteiger partial charge in [0.1, 0.15) is 5.75 Å². The lowest BCUT2D eigenvalue weighted by Gasteiger charge is -2.45. The summed E-state index contributed by atoms with van der Waals surface area (Å²) in [6.45, 7) is 10.9. The summed E-state index contributed by atoms with van der Waals surface area (Å²) in [7, 11) is 1.61. The Bertz CT molecular complexity index is 518. The van der Waals surface area contributed by atoms with Crippen LogP contribution in [0.5, 0.6) is 5.75 Å². The number of hydrogen-bond acceptors (Lipinski definition) is 4. The van der Waals surface area contributed by atoms with Gasteiger partial charge in [-0.1, -0.05) is 0 Å². The van der Waals surface area contributed by atoms with Gasteiger partial charge in [0.05, 0.1) is 19.3 Å². The molecule has 1 aliphatic rings. The number of amides is 1. The molecule has 23 heavy (non-hydrogen) atoms. The number of hydrogen-bond donors (Lipinski definition) is 1. The standard InChI is InChI=1S/C18H28N2O3/c1-13-10-20(11-14(2)23-13)18(3,4)12-19-17(21)15-6-8-16(22-5)9-7-15/h6-9,13-14H,10-12H2,1-5H3,(H,19,21). The van der Waals surface area contributed by atoms with E-state index in [0.29, 0.717) is 12.1 Å². The van der Waals surface area contributed by atoms with Crippen LogP contribution in [0.3, 0.4) is 0 Å². The normalized spacial score (nSPS) is 22.7. The molecule has 5 heteroatoms. The molecule has 2 unspecified atom stereocenters. The van der Waals surface area contributed by atoms with E-state index in [0.717, 1.165) is 18.8 Å². The Hall–Kier alpha value is -1.59. The highest BCUT2D eigenvalue weighted by Crippen LogP contribution is 2.21. The molecule has 2 atom stereocenters. The number of ether oxygens (including phenoxy) is 2. The fourth-order valence-corrected chi connectivity index (χ4v) is 2.92. The van der Waals surface area contributed by atoms with Crippen LogP contribution in [-0.2, 0) is 4.74 Å². The summed E-state index contributed by atoms with van der Waals surface area (Å²) in [5.74, 6) is 0.688. The van der Waals surface area contributed by atoms with Crippen molar-refractivity contribution in [1.82, 2.24) is 10.2 Å². The maximum atomic E-state index is 12.3. The van der Waals surface area contributed by atoms with E-state index >= 15 is 0 Å². The molecule has 5 nitrogen and oxygen atoms in total. The SMILES string of the molecule is COc1ccc(C(=O)NCC(C)(C)N2CC(C)OC(C)C2)cc1. The minimum Gasteiger partial charge on any atom is -0.497 e. The molecule has 1 heterocycles. The summed E-state index contributed by atoms with van der Waals surface area (Å²) in [6, 6.07) is 7.15. The van der Waals surface area contributed by atoms with Crippen LogP contribution in [0, 0.1) is 0 Å². The van der Waals surface area contributed by atoms with Crippen molar-refractivity contribution in [3.63, 3.8) is 0 Å². The van der Waals surface area contributed by atoms with Crippen molar-refractivity contribution in [2.75, 3.05) is 26.7 Å². The van der Waals surface area contributed by atoms with Gasteiger partial charge in [0.25, 0.3) is 5.91 Å². The molecule has 1 fully saturated rings. The second-order valence-corrected chi connectivity index (χ2v) is 6.89. The van der Waals surface area contributed by atoms with Crippen LogP contribution in [0.25, 0.3) is 0 Å². The number of carbonyl (C=O) groups is 1. The zero-order valence-corrected chi connectivity index (χ0v) is 14.8. The maximum Gasteiger partial charge on any atom is 0.251 e. The third-order valence-corrected chi connectivity index (χ3v) is 4.31. The molecule has 0 bridgehead atoms. The number of benzene rings is 1. The van der Waals surface area contributed by atoms with E-state index in [1.54, 1.807) is 31.4 Å². The molecule has 1 aromatic carbocycles. The molecule has 1 aromatic rings. The number of rotatable bonds is 5. The monoisotopic (exact) mass is 320 g/mol. The zero-order chi connectivity index (χ0) is 17.0. The van der Waals surface area contributed by atoms with E-state index in [1.165, 1.54) is 0 Å². The van der Waals surface area contributed by atoms with Crippen LogP contribution in [0.15, 0.2) is 24.3 Å². The first-order valence-electron chi connectivity index (χ1n) is 8.14. The molecule has 128 valence electrons. The molecule has 1 N–H and O–H groups in total. The Balaban J connectivity index is 1.93. The van der Waals surface area contributed by atoms with E-state index in [2.05, 4.69) is 37.9 Å². The topological polar surface area (TPSA) is 50.8 Å². The predicted molar refractivity (Wildman–Crippen MR) is 91.0 cm³/mol. The quantitative estimate of drug-likeness (QED) is 0.904. The summed E-state index contributed by atoms with van der Waals surface area (Å²) in [6.07, 6.45) is 0.436. The van der Waals surface area contributed by atoms with Gasteiger partial charge in [-0.15, -0.1) is 0 Å². The highest BCUT2D eigenvalue weighted by molar-refractivity contribution is 5.94. The van der Waals surface area contributed by atoms with Gasteiger partial charge in [-0.3, -0.25) is 9.69 Å². The van der Waals surface area contributed by atoms with Gasteiger partial charge in [0.2, 0.25) is 0 Å². The molecular formula is C18H28N2O3. The van der Waals surface area contributed by atoms with Gasteiger partial charge in [-0.05, 0) is 52.0 Å². The Morgan fingerprint density at radius 3 is 2.35 bits per heavy atom. The Morgan fingerprint density at radius 1 is 1.26 bits per heavy atom. The fraction of sp³-hybridized carbons (Fsp3) is 0.611. The van der Waals surface area contributed by atoms with Crippen molar-refractivity contribution in [3.05, 3.63) is 29.8 Å². The predicted octanol–water partition coefficient (Wildman–Crippen LogP) is 2.31. The number of nitrogens with zero attached hydrogens (tertiary/aromatic N) is 1. The van der Waals surface area contributed by atoms with Gasteiger partial charge in [-0.2, -0.15) is 0 Å². The Morgan fingerprint density at radius 2 is 1.83 bits per heavy atom. The van der Waals surface area contributed by atoms with Crippen molar-refractivity contribution in [2.24, 2.45) is 0 Å². The van der Waals surface area contributed by atoms with Gasteiger partial charge in [-0.25, -0.2) is 0 Å². The molecule has 0 aliphatic carbocycles. The van der Waals surface area contributed by atoms with Crippen LogP contribution in [0.2, 0.25) is 0 Å². The smallest absolute Gasteiger partial charge is 0.251 e. The molecule has 2 rings (SSSR count). The van der Waals surface area contributed by atoms with Crippen molar-refractivity contribution >= 4 is 5.91 Å². The summed E-state index contributed by atoms with van der Waals surface area (Å²) in [5.41, 5.74) is 0.527. The first kappa shape index (κ1) is 17.8. The second kappa shape index (κ2) is 7.32. The fourth-order valence-electron chi connectivity index (χ4n) is 2.92. The van der Waals surface area contributed by atoms with Crippen LogP contribution in [-0.4, -0.2) is 55.3 Å². The summed E-state index contributed by atoms with van der Waals surface area (Å²) in [4.78, 5) is 14.7. The molecule has 0 saturated carbocycles. The zero-order valence-electron chi connectivity index (χ0n) is 14.8. The number of morpholine rings is 1. The van der Waals surface area contributed by atoms with Gasteiger partial charge < -0.3 is 14.8 Å². The van der Waals surface area contributed by atoms with E-state index in [4.69, 9.17) is 9.47 Å². The van der Waals surface area contributed by atoms with Crippen molar-refractivity contribution in [1.29, 1.82) is 0 Å². The summed E-state index contributed by atoms with van der Waals surface area (Å²) < 4.78 is 10.9. The van der Waals surface area contributed by atoms with Crippen LogP contribution in [0.1, 0.15) is 38.1 Å². The Kier molecular flexibility index (Phi) is 5.65. The van der Waals surface area contributed by atoms with Gasteiger partial charge >= 0.3 is 0 Å². The second-order valence-electron chi connectivity index (χ2n) is 6.89. The molecule has 0 spiro atoms. The molecule has 1 amide bonds. The average Bonchev–Trinajstić information content (AvgIpc) is 2.52. The molecular weight excluding hydrogens is 292 g/mol. The minimum absolute atomic E-state index is 0.0601. The third-order valence-electron chi connectivity index (χ3n) is 4.31. The third kappa shape index (κ3) is 4.69. The van der Waals surface area contributed by atoms with Crippen molar-refractivity contribution < 1.29 is 14.3 Å². The molecule has 1 aliphatic heterocycles. The van der Waals surface area contributed by atoms with E-state index in [9.17, 15) is 4.79 Å². The summed E-state index contributed by atoms with van der Waals surface area (Å²) >= 11 is 0. The first-order chi connectivity index (χ1) is 10.8. The van der Waals surface area contributed by atoms with Crippen LogP contribution in [0.4, 0.5) is 0 Å². The number of nitrogens with one attached hydrogen (secondary N) is 1. The van der Waals surface area contributed by atoms with Crippen LogP contribution < -0.4 is 10.1 Å². The van der Waals surface area contributed by atoms with Gasteiger partial charge in [0.15, 0.2) is 0 Å². The summed E-state index contributed by atoms with van der Waals surface area (Å²) in [5, 5.41) is 3.04. The van der Waals surface area contributed by atoms with Crippen LogP contribution >= 0.6 is 0 Å². The number of carbonyl (C=O) groups excluding carboxylic acids is 1. The first-order valence-corrected chi connectivity index (χ1v) is 8.14. The molecule has 0 radical (unpaired) electrons. The highest BCUT2D eigenvalue weighted by atomic mass is 16.5. The Labute approximate surface area is 139 Å². The lowest BCUT2D eigenvalue weighted by Crippen LogP contribution is -2.58. The average molecular weight is 320 g/mol.